The number of oxazole rings is 1. The SMILES string of the molecule is CN=C(NCc1coc(-c2ccccc2)n1)NCC1CCN(Cc2csc(C)n2)CC1.I. The Labute approximate surface area is 210 Å². The Morgan fingerprint density at radius 2 is 1.94 bits per heavy atom. The van der Waals surface area contributed by atoms with E-state index >= 15 is 0 Å². The number of hydrogen-bond donors (Lipinski definition) is 2. The zero-order valence-corrected chi connectivity index (χ0v) is 21.7. The van der Waals surface area contributed by atoms with Gasteiger partial charge in [-0.25, -0.2) is 9.97 Å². The first-order valence-electron chi connectivity index (χ1n) is 10.8. The van der Waals surface area contributed by atoms with Gasteiger partial charge in [0.15, 0.2) is 5.96 Å². The molecule has 2 aromatic heterocycles. The molecule has 3 aromatic rings. The molecule has 0 amide bonds. The molecule has 32 heavy (non-hydrogen) atoms. The van der Waals surface area contributed by atoms with E-state index in [-0.39, 0.29) is 24.0 Å². The van der Waals surface area contributed by atoms with Gasteiger partial charge in [0.2, 0.25) is 5.89 Å². The van der Waals surface area contributed by atoms with Gasteiger partial charge in [0.25, 0.3) is 0 Å². The number of aryl methyl sites for hydroxylation is 1. The Bertz CT molecular complexity index is 981. The number of rotatable bonds is 7. The molecule has 0 unspecified atom stereocenters. The molecule has 4 rings (SSSR count). The molecule has 0 atom stereocenters. The first-order valence-corrected chi connectivity index (χ1v) is 11.7. The van der Waals surface area contributed by atoms with Gasteiger partial charge >= 0.3 is 0 Å². The van der Waals surface area contributed by atoms with Crippen LogP contribution in [0.4, 0.5) is 0 Å². The summed E-state index contributed by atoms with van der Waals surface area (Å²) in [4.78, 5) is 16.0. The van der Waals surface area contributed by atoms with E-state index in [1.54, 1.807) is 24.6 Å². The van der Waals surface area contributed by atoms with Crippen molar-refractivity contribution in [1.82, 2.24) is 25.5 Å². The number of hydrogen-bond acceptors (Lipinski definition) is 6. The highest BCUT2D eigenvalue weighted by Crippen LogP contribution is 2.20. The molecule has 7 nitrogen and oxygen atoms in total. The minimum Gasteiger partial charge on any atom is -0.444 e. The molecule has 0 bridgehead atoms. The van der Waals surface area contributed by atoms with Crippen LogP contribution in [-0.4, -0.2) is 47.5 Å². The van der Waals surface area contributed by atoms with Crippen LogP contribution < -0.4 is 10.6 Å². The standard InChI is InChI=1S/C23H30N6OS.HI/c1-17-27-21(16-31-17)14-29-10-8-18(9-11-29)12-25-23(24-2)26-13-20-15-30-22(28-20)19-6-4-3-5-7-19;/h3-7,15-16,18H,8-14H2,1-2H3,(H2,24,25,26);1H. The lowest BCUT2D eigenvalue weighted by Gasteiger charge is -2.31. The molecule has 0 saturated carbocycles. The van der Waals surface area contributed by atoms with Gasteiger partial charge in [-0.2, -0.15) is 0 Å². The number of nitrogens with zero attached hydrogens (tertiary/aromatic N) is 4. The van der Waals surface area contributed by atoms with Gasteiger partial charge in [-0.3, -0.25) is 9.89 Å². The highest BCUT2D eigenvalue weighted by molar-refractivity contribution is 14.0. The van der Waals surface area contributed by atoms with Crippen molar-refractivity contribution in [2.24, 2.45) is 10.9 Å². The van der Waals surface area contributed by atoms with E-state index in [1.807, 2.05) is 30.3 Å². The predicted molar refractivity (Wildman–Crippen MR) is 140 cm³/mol. The zero-order chi connectivity index (χ0) is 21.5. The van der Waals surface area contributed by atoms with E-state index in [9.17, 15) is 0 Å². The first-order chi connectivity index (χ1) is 15.2. The first kappa shape index (κ1) is 24.7. The summed E-state index contributed by atoms with van der Waals surface area (Å²) >= 11 is 1.73. The average molecular weight is 567 g/mol. The molecule has 0 radical (unpaired) electrons. The van der Waals surface area contributed by atoms with Crippen LogP contribution in [0.1, 0.15) is 29.2 Å². The van der Waals surface area contributed by atoms with E-state index in [0.717, 1.165) is 48.4 Å². The maximum Gasteiger partial charge on any atom is 0.226 e. The van der Waals surface area contributed by atoms with Crippen molar-refractivity contribution < 1.29 is 4.42 Å². The number of halogens is 1. The fourth-order valence-electron chi connectivity index (χ4n) is 3.80. The van der Waals surface area contributed by atoms with E-state index in [2.05, 4.69) is 42.8 Å². The second kappa shape index (κ2) is 12.3. The van der Waals surface area contributed by atoms with Gasteiger partial charge in [0.05, 0.1) is 22.9 Å². The Morgan fingerprint density at radius 1 is 1.16 bits per heavy atom. The minimum atomic E-state index is 0. The lowest BCUT2D eigenvalue weighted by molar-refractivity contribution is 0.176. The van der Waals surface area contributed by atoms with Crippen molar-refractivity contribution in [2.45, 2.75) is 32.9 Å². The molecule has 2 N–H and O–H groups in total. The second-order valence-electron chi connectivity index (χ2n) is 7.89. The van der Waals surface area contributed by atoms with Gasteiger partial charge in [-0.1, -0.05) is 18.2 Å². The van der Waals surface area contributed by atoms with Gasteiger partial charge in [0, 0.05) is 31.1 Å². The zero-order valence-electron chi connectivity index (χ0n) is 18.6. The van der Waals surface area contributed by atoms with Crippen LogP contribution in [0, 0.1) is 12.8 Å². The molecular formula is C23H31IN6OS. The maximum atomic E-state index is 5.61. The molecular weight excluding hydrogens is 535 g/mol. The minimum absolute atomic E-state index is 0. The number of likely N-dealkylation sites (tertiary alicyclic amines) is 1. The van der Waals surface area contributed by atoms with Crippen molar-refractivity contribution in [3.05, 3.63) is 58.4 Å². The van der Waals surface area contributed by atoms with Crippen LogP contribution in [0.15, 0.2) is 51.4 Å². The van der Waals surface area contributed by atoms with Crippen LogP contribution in [0.5, 0.6) is 0 Å². The molecule has 172 valence electrons. The molecule has 1 saturated heterocycles. The number of nitrogens with one attached hydrogen (secondary N) is 2. The summed E-state index contributed by atoms with van der Waals surface area (Å²) in [7, 11) is 1.80. The summed E-state index contributed by atoms with van der Waals surface area (Å²) in [6, 6.07) is 9.93. The summed E-state index contributed by atoms with van der Waals surface area (Å²) in [6.45, 7) is 6.78. The monoisotopic (exact) mass is 566 g/mol. The summed E-state index contributed by atoms with van der Waals surface area (Å²) < 4.78 is 5.61. The molecule has 0 aliphatic carbocycles. The van der Waals surface area contributed by atoms with Gasteiger partial charge in [0.1, 0.15) is 6.26 Å². The van der Waals surface area contributed by atoms with Crippen LogP contribution in [0.3, 0.4) is 0 Å². The topological polar surface area (TPSA) is 78.6 Å². The Kier molecular flexibility index (Phi) is 9.49. The fourth-order valence-corrected chi connectivity index (χ4v) is 4.40. The quantitative estimate of drug-likeness (QED) is 0.252. The highest BCUT2D eigenvalue weighted by Gasteiger charge is 2.20. The molecule has 1 aliphatic heterocycles. The van der Waals surface area contributed by atoms with Gasteiger partial charge in [-0.05, 0) is 50.9 Å². The van der Waals surface area contributed by atoms with Crippen molar-refractivity contribution in [1.29, 1.82) is 0 Å². The number of thiazole rings is 1. The smallest absolute Gasteiger partial charge is 0.226 e. The van der Waals surface area contributed by atoms with Crippen LogP contribution in [-0.2, 0) is 13.1 Å². The van der Waals surface area contributed by atoms with E-state index in [1.165, 1.54) is 18.5 Å². The second-order valence-corrected chi connectivity index (χ2v) is 8.96. The van der Waals surface area contributed by atoms with Crippen molar-refractivity contribution >= 4 is 41.3 Å². The summed E-state index contributed by atoms with van der Waals surface area (Å²) in [5, 5.41) is 10.1. The lowest BCUT2D eigenvalue weighted by Crippen LogP contribution is -2.42. The molecule has 9 heteroatoms. The molecule has 1 aromatic carbocycles. The normalized spacial score (nSPS) is 15.4. The average Bonchev–Trinajstić information content (AvgIpc) is 3.44. The van der Waals surface area contributed by atoms with E-state index in [0.29, 0.717) is 18.4 Å². The summed E-state index contributed by atoms with van der Waals surface area (Å²) in [6.07, 6.45) is 4.08. The van der Waals surface area contributed by atoms with Crippen molar-refractivity contribution in [3.8, 4) is 11.5 Å². The molecule has 3 heterocycles. The number of benzene rings is 1. The van der Waals surface area contributed by atoms with Crippen molar-refractivity contribution in [2.75, 3.05) is 26.7 Å². The van der Waals surface area contributed by atoms with Crippen molar-refractivity contribution in [3.63, 3.8) is 0 Å². The molecule has 0 spiro atoms. The maximum absolute atomic E-state index is 5.61. The number of piperidine rings is 1. The van der Waals surface area contributed by atoms with E-state index < -0.39 is 0 Å². The summed E-state index contributed by atoms with van der Waals surface area (Å²) in [5.74, 6) is 2.09. The largest absolute Gasteiger partial charge is 0.444 e. The third kappa shape index (κ3) is 7.01. The molecule has 1 aliphatic rings. The Hall–Kier alpha value is -1.98. The number of guanidine groups is 1. The highest BCUT2D eigenvalue weighted by atomic mass is 127. The van der Waals surface area contributed by atoms with E-state index in [4.69, 9.17) is 4.42 Å². The lowest BCUT2D eigenvalue weighted by atomic mass is 9.97. The van der Waals surface area contributed by atoms with Crippen LogP contribution in [0.2, 0.25) is 0 Å². The number of aliphatic imine (C=N–C) groups is 1. The summed E-state index contributed by atoms with van der Waals surface area (Å²) in [5.41, 5.74) is 3.03. The third-order valence-electron chi connectivity index (χ3n) is 5.55. The van der Waals surface area contributed by atoms with Gasteiger partial charge < -0.3 is 15.1 Å². The molecule has 1 fully saturated rings. The third-order valence-corrected chi connectivity index (χ3v) is 6.37. The van der Waals surface area contributed by atoms with Crippen LogP contribution in [0.25, 0.3) is 11.5 Å². The fraction of sp³-hybridized carbons (Fsp3) is 0.435. The Balaban J connectivity index is 0.00000289. The van der Waals surface area contributed by atoms with Gasteiger partial charge in [-0.15, -0.1) is 35.3 Å². The number of aromatic nitrogens is 2. The Morgan fingerprint density at radius 3 is 2.62 bits per heavy atom. The van der Waals surface area contributed by atoms with Crippen LogP contribution >= 0.6 is 35.3 Å². The predicted octanol–water partition coefficient (Wildman–Crippen LogP) is 4.30.